The fourth-order valence-corrected chi connectivity index (χ4v) is 4.80. The lowest BCUT2D eigenvalue weighted by Crippen LogP contribution is -1.87. The Morgan fingerprint density at radius 3 is 2.31 bits per heavy atom. The van der Waals surface area contributed by atoms with Crippen molar-refractivity contribution >= 4 is 65.2 Å². The highest BCUT2D eigenvalue weighted by Crippen LogP contribution is 2.41. The molecule has 0 amide bonds. The zero-order valence-corrected chi connectivity index (χ0v) is 15.5. The summed E-state index contributed by atoms with van der Waals surface area (Å²) in [6, 6.07) is 29.9. The van der Waals surface area contributed by atoms with Gasteiger partial charge in [0.1, 0.15) is 11.2 Å². The van der Waals surface area contributed by atoms with Crippen LogP contribution in [0.5, 0.6) is 0 Å². The SMILES string of the molecule is c1ccc2c(c1)ccc1c3ncccc3c3cc4oc5ccccc5c4cc3c21. The number of furan rings is 1. The minimum Gasteiger partial charge on any atom is -0.456 e. The topological polar surface area (TPSA) is 26.0 Å². The number of fused-ring (bicyclic) bond motifs is 11. The maximum Gasteiger partial charge on any atom is 0.136 e. The maximum atomic E-state index is 6.19. The van der Waals surface area contributed by atoms with Crippen LogP contribution < -0.4 is 0 Å². The van der Waals surface area contributed by atoms with E-state index in [2.05, 4.69) is 66.7 Å². The van der Waals surface area contributed by atoms with Gasteiger partial charge < -0.3 is 4.42 Å². The smallest absolute Gasteiger partial charge is 0.136 e. The summed E-state index contributed by atoms with van der Waals surface area (Å²) in [6.07, 6.45) is 1.88. The van der Waals surface area contributed by atoms with E-state index in [0.717, 1.165) is 32.8 Å². The molecule has 2 nitrogen and oxygen atoms in total. The van der Waals surface area contributed by atoms with E-state index in [1.165, 1.54) is 32.3 Å². The Hall–Kier alpha value is -3.91. The predicted octanol–water partition coefficient (Wildman–Crippen LogP) is 7.59. The maximum absolute atomic E-state index is 6.19. The number of pyridine rings is 1. The third-order valence-electron chi connectivity index (χ3n) is 6.07. The molecule has 7 aromatic rings. The van der Waals surface area contributed by atoms with Crippen LogP contribution in [0.25, 0.3) is 65.2 Å². The van der Waals surface area contributed by atoms with E-state index in [4.69, 9.17) is 9.40 Å². The van der Waals surface area contributed by atoms with Crippen LogP contribution in [0.15, 0.2) is 95.5 Å². The molecule has 0 aliphatic heterocycles. The number of aromatic nitrogens is 1. The van der Waals surface area contributed by atoms with E-state index < -0.39 is 0 Å². The highest BCUT2D eigenvalue weighted by Gasteiger charge is 2.15. The van der Waals surface area contributed by atoms with Crippen molar-refractivity contribution in [3.63, 3.8) is 0 Å². The second-order valence-corrected chi connectivity index (χ2v) is 7.60. The molecule has 0 radical (unpaired) electrons. The minimum atomic E-state index is 0.920. The third-order valence-corrected chi connectivity index (χ3v) is 6.07. The lowest BCUT2D eigenvalue weighted by molar-refractivity contribution is 0.669. The lowest BCUT2D eigenvalue weighted by Gasteiger charge is -2.12. The van der Waals surface area contributed by atoms with Crippen molar-refractivity contribution in [1.29, 1.82) is 0 Å². The molecule has 0 spiro atoms. The molecule has 0 aliphatic carbocycles. The molecule has 0 bridgehead atoms. The predicted molar refractivity (Wildman–Crippen MR) is 122 cm³/mol. The average Bonchev–Trinajstić information content (AvgIpc) is 3.15. The summed E-state index contributed by atoms with van der Waals surface area (Å²) in [6.45, 7) is 0. The average molecular weight is 369 g/mol. The first kappa shape index (κ1) is 15.1. The van der Waals surface area contributed by atoms with E-state index >= 15 is 0 Å². The molecule has 2 aromatic heterocycles. The first-order chi connectivity index (χ1) is 14.4. The van der Waals surface area contributed by atoms with Gasteiger partial charge in [-0.25, -0.2) is 0 Å². The van der Waals surface area contributed by atoms with Gasteiger partial charge >= 0.3 is 0 Å². The molecular weight excluding hydrogens is 354 g/mol. The van der Waals surface area contributed by atoms with Crippen LogP contribution in [-0.2, 0) is 0 Å². The van der Waals surface area contributed by atoms with Crippen LogP contribution in [0, 0.1) is 0 Å². The van der Waals surface area contributed by atoms with Gasteiger partial charge in [-0.3, -0.25) is 4.98 Å². The second-order valence-electron chi connectivity index (χ2n) is 7.60. The number of hydrogen-bond acceptors (Lipinski definition) is 2. The van der Waals surface area contributed by atoms with Crippen LogP contribution in [0.4, 0.5) is 0 Å². The van der Waals surface area contributed by atoms with Gasteiger partial charge in [0.25, 0.3) is 0 Å². The summed E-state index contributed by atoms with van der Waals surface area (Å²) in [5.41, 5.74) is 2.88. The van der Waals surface area contributed by atoms with Gasteiger partial charge in [-0.1, -0.05) is 60.7 Å². The Bertz CT molecular complexity index is 1760. The van der Waals surface area contributed by atoms with Crippen molar-refractivity contribution in [3.8, 4) is 0 Å². The van der Waals surface area contributed by atoms with Crippen molar-refractivity contribution in [1.82, 2.24) is 4.98 Å². The fourth-order valence-electron chi connectivity index (χ4n) is 4.80. The van der Waals surface area contributed by atoms with Crippen LogP contribution in [-0.4, -0.2) is 4.98 Å². The molecule has 29 heavy (non-hydrogen) atoms. The number of nitrogens with zero attached hydrogens (tertiary/aromatic N) is 1. The first-order valence-electron chi connectivity index (χ1n) is 9.82. The molecule has 0 saturated carbocycles. The summed E-state index contributed by atoms with van der Waals surface area (Å²) in [7, 11) is 0. The highest BCUT2D eigenvalue weighted by molar-refractivity contribution is 6.32. The van der Waals surface area contributed by atoms with Gasteiger partial charge in [0, 0.05) is 27.7 Å². The zero-order valence-electron chi connectivity index (χ0n) is 15.5. The monoisotopic (exact) mass is 369 g/mol. The minimum absolute atomic E-state index is 0.920. The molecule has 0 saturated heterocycles. The number of benzene rings is 5. The molecular formula is C27H15NO. The normalized spacial score (nSPS) is 12.1. The number of rotatable bonds is 0. The van der Waals surface area contributed by atoms with Crippen molar-refractivity contribution < 1.29 is 4.42 Å². The Kier molecular flexibility index (Phi) is 2.77. The van der Waals surface area contributed by atoms with Gasteiger partial charge in [0.05, 0.1) is 5.52 Å². The molecule has 5 aromatic carbocycles. The Morgan fingerprint density at radius 2 is 1.34 bits per heavy atom. The van der Waals surface area contributed by atoms with Crippen LogP contribution in [0.3, 0.4) is 0 Å². The van der Waals surface area contributed by atoms with Crippen molar-refractivity contribution in [2.75, 3.05) is 0 Å². The van der Waals surface area contributed by atoms with E-state index in [-0.39, 0.29) is 0 Å². The fraction of sp³-hybridized carbons (Fsp3) is 0. The Morgan fingerprint density at radius 1 is 0.517 bits per heavy atom. The summed E-state index contributed by atoms with van der Waals surface area (Å²) in [4.78, 5) is 4.76. The molecule has 7 rings (SSSR count). The Balaban J connectivity index is 1.86. The molecule has 2 heteroatoms. The van der Waals surface area contributed by atoms with E-state index in [9.17, 15) is 0 Å². The van der Waals surface area contributed by atoms with Crippen molar-refractivity contribution in [2.24, 2.45) is 0 Å². The third kappa shape index (κ3) is 1.93. The summed E-state index contributed by atoms with van der Waals surface area (Å²) < 4.78 is 6.19. The standard InChI is InChI=1S/C27H15NO/c1-2-7-17-16(6-1)11-12-20-26(17)23-14-22-18-8-3-4-10-24(18)29-25(22)15-21(23)19-9-5-13-28-27(19)20/h1-15H. The first-order valence-corrected chi connectivity index (χ1v) is 9.82. The van der Waals surface area contributed by atoms with Crippen LogP contribution in [0.1, 0.15) is 0 Å². The summed E-state index contributed by atoms with van der Waals surface area (Å²) in [5.74, 6) is 0. The largest absolute Gasteiger partial charge is 0.456 e. The number of para-hydroxylation sites is 1. The second kappa shape index (κ2) is 5.33. The van der Waals surface area contributed by atoms with Crippen molar-refractivity contribution in [3.05, 3.63) is 91.1 Å². The van der Waals surface area contributed by atoms with E-state index in [0.29, 0.717) is 0 Å². The molecule has 0 atom stereocenters. The zero-order chi connectivity index (χ0) is 18.9. The van der Waals surface area contributed by atoms with Crippen LogP contribution in [0.2, 0.25) is 0 Å². The number of hydrogen-bond donors (Lipinski definition) is 0. The van der Waals surface area contributed by atoms with E-state index in [1.54, 1.807) is 0 Å². The molecule has 2 heterocycles. The molecule has 134 valence electrons. The molecule has 0 fully saturated rings. The van der Waals surface area contributed by atoms with Crippen molar-refractivity contribution in [2.45, 2.75) is 0 Å². The van der Waals surface area contributed by atoms with Gasteiger partial charge in [-0.2, -0.15) is 0 Å². The lowest BCUT2D eigenvalue weighted by atomic mass is 9.92. The Labute approximate surface area is 166 Å². The van der Waals surface area contributed by atoms with Gasteiger partial charge in [-0.15, -0.1) is 0 Å². The summed E-state index contributed by atoms with van der Waals surface area (Å²) >= 11 is 0. The highest BCUT2D eigenvalue weighted by atomic mass is 16.3. The molecule has 0 aliphatic rings. The van der Waals surface area contributed by atoms with Crippen LogP contribution >= 0.6 is 0 Å². The quantitative estimate of drug-likeness (QED) is 0.257. The van der Waals surface area contributed by atoms with Gasteiger partial charge in [0.15, 0.2) is 0 Å². The van der Waals surface area contributed by atoms with Gasteiger partial charge in [0.2, 0.25) is 0 Å². The summed E-state index contributed by atoms with van der Waals surface area (Å²) in [5, 5.41) is 10.9. The van der Waals surface area contributed by atoms with E-state index in [1.807, 2.05) is 24.4 Å². The molecule has 0 N–H and O–H groups in total. The molecule has 0 unspecified atom stereocenters. The van der Waals surface area contributed by atoms with Gasteiger partial charge in [-0.05, 0) is 51.2 Å².